The van der Waals surface area contributed by atoms with E-state index in [0.29, 0.717) is 11.2 Å². The first-order chi connectivity index (χ1) is 9.42. The van der Waals surface area contributed by atoms with Crippen molar-refractivity contribution >= 4 is 17.5 Å². The molecule has 1 aromatic heterocycles. The van der Waals surface area contributed by atoms with Crippen LogP contribution >= 0.6 is 11.6 Å². The summed E-state index contributed by atoms with van der Waals surface area (Å²) in [6.45, 7) is 6.96. The summed E-state index contributed by atoms with van der Waals surface area (Å²) in [5.74, 6) is 0.903. The van der Waals surface area contributed by atoms with Gasteiger partial charge in [0, 0.05) is 6.04 Å². The lowest BCUT2D eigenvalue weighted by Gasteiger charge is -2.39. The average Bonchev–Trinajstić information content (AvgIpc) is 2.86. The van der Waals surface area contributed by atoms with Crippen molar-refractivity contribution in [3.05, 3.63) is 23.1 Å². The number of furan rings is 1. The molecule has 3 nitrogen and oxygen atoms in total. The molecule has 1 aliphatic rings. The Kier molecular flexibility index (Phi) is 4.79. The van der Waals surface area contributed by atoms with Crippen LogP contribution in [0.15, 0.2) is 16.5 Å². The summed E-state index contributed by atoms with van der Waals surface area (Å²) < 4.78 is 5.13. The predicted molar refractivity (Wildman–Crippen MR) is 81.0 cm³/mol. The van der Waals surface area contributed by atoms with Gasteiger partial charge in [-0.3, -0.25) is 4.79 Å². The number of rotatable bonds is 4. The van der Waals surface area contributed by atoms with Crippen LogP contribution in [0.1, 0.15) is 63.4 Å². The Morgan fingerprint density at radius 3 is 2.50 bits per heavy atom. The van der Waals surface area contributed by atoms with E-state index < -0.39 is 0 Å². The number of halogens is 1. The molecule has 1 aliphatic carbocycles. The zero-order valence-electron chi connectivity index (χ0n) is 12.5. The average molecular weight is 298 g/mol. The van der Waals surface area contributed by atoms with Crippen molar-refractivity contribution in [1.29, 1.82) is 0 Å². The number of carbonyl (C=O) groups excluding carboxylic acids is 1. The van der Waals surface area contributed by atoms with E-state index >= 15 is 0 Å². The van der Waals surface area contributed by atoms with Crippen LogP contribution in [0.3, 0.4) is 0 Å². The molecule has 0 bridgehead atoms. The quantitative estimate of drug-likeness (QED) is 0.878. The van der Waals surface area contributed by atoms with Gasteiger partial charge in [0.1, 0.15) is 0 Å². The van der Waals surface area contributed by atoms with Crippen LogP contribution in [0.25, 0.3) is 0 Å². The first kappa shape index (κ1) is 15.4. The van der Waals surface area contributed by atoms with Gasteiger partial charge in [-0.25, -0.2) is 0 Å². The SMILES string of the molecule is CCC(C)(C)C1CCC(NC(=O)c2ccc(Cl)o2)CC1. The second-order valence-electron chi connectivity index (χ2n) is 6.47. The molecule has 1 N–H and O–H groups in total. The Labute approximate surface area is 126 Å². The monoisotopic (exact) mass is 297 g/mol. The summed E-state index contributed by atoms with van der Waals surface area (Å²) in [6.07, 6.45) is 5.68. The molecule has 0 radical (unpaired) electrons. The summed E-state index contributed by atoms with van der Waals surface area (Å²) in [5.41, 5.74) is 0.406. The van der Waals surface area contributed by atoms with Crippen LogP contribution in [-0.4, -0.2) is 11.9 Å². The molecular formula is C16H24ClNO2. The van der Waals surface area contributed by atoms with Gasteiger partial charge in [0.05, 0.1) is 0 Å². The highest BCUT2D eigenvalue weighted by Gasteiger charge is 2.32. The molecule has 0 saturated heterocycles. The maximum absolute atomic E-state index is 12.0. The number of carbonyl (C=O) groups is 1. The summed E-state index contributed by atoms with van der Waals surface area (Å²) in [6, 6.07) is 3.47. The molecule has 2 rings (SSSR count). The van der Waals surface area contributed by atoms with E-state index in [2.05, 4.69) is 26.1 Å². The molecule has 4 heteroatoms. The fraction of sp³-hybridized carbons (Fsp3) is 0.688. The highest BCUT2D eigenvalue weighted by atomic mass is 35.5. The van der Waals surface area contributed by atoms with Gasteiger partial charge in [0.25, 0.3) is 5.91 Å². The number of nitrogens with one attached hydrogen (secondary N) is 1. The second kappa shape index (κ2) is 6.21. The third-order valence-corrected chi connectivity index (χ3v) is 5.08. The smallest absolute Gasteiger partial charge is 0.287 e. The first-order valence-electron chi connectivity index (χ1n) is 7.48. The molecule has 1 saturated carbocycles. The predicted octanol–water partition coefficient (Wildman–Crippen LogP) is 4.66. The van der Waals surface area contributed by atoms with Crippen LogP contribution in [0.5, 0.6) is 0 Å². The minimum absolute atomic E-state index is 0.157. The molecule has 0 aromatic carbocycles. The lowest BCUT2D eigenvalue weighted by molar-refractivity contribution is 0.0866. The van der Waals surface area contributed by atoms with Crippen molar-refractivity contribution in [2.75, 3.05) is 0 Å². The van der Waals surface area contributed by atoms with Gasteiger partial charge in [0.2, 0.25) is 0 Å². The summed E-state index contributed by atoms with van der Waals surface area (Å²) in [7, 11) is 0. The fourth-order valence-corrected chi connectivity index (χ4v) is 3.15. The van der Waals surface area contributed by atoms with Crippen molar-refractivity contribution in [2.24, 2.45) is 11.3 Å². The minimum Gasteiger partial charge on any atom is -0.440 e. The second-order valence-corrected chi connectivity index (χ2v) is 6.84. The molecule has 0 spiro atoms. The maximum Gasteiger partial charge on any atom is 0.287 e. The van der Waals surface area contributed by atoms with E-state index in [4.69, 9.17) is 16.0 Å². The van der Waals surface area contributed by atoms with Gasteiger partial charge in [-0.1, -0.05) is 27.2 Å². The van der Waals surface area contributed by atoms with E-state index in [0.717, 1.165) is 18.8 Å². The lowest BCUT2D eigenvalue weighted by Crippen LogP contribution is -2.39. The van der Waals surface area contributed by atoms with E-state index in [1.54, 1.807) is 12.1 Å². The molecule has 112 valence electrons. The third-order valence-electron chi connectivity index (χ3n) is 4.88. The first-order valence-corrected chi connectivity index (χ1v) is 7.86. The van der Waals surface area contributed by atoms with Crippen molar-refractivity contribution in [2.45, 2.75) is 58.9 Å². The Balaban J connectivity index is 1.84. The van der Waals surface area contributed by atoms with Crippen LogP contribution in [0, 0.1) is 11.3 Å². The Hall–Kier alpha value is -0.960. The van der Waals surface area contributed by atoms with E-state index in [-0.39, 0.29) is 17.2 Å². The van der Waals surface area contributed by atoms with Gasteiger partial charge in [0.15, 0.2) is 11.0 Å². The minimum atomic E-state index is -0.157. The number of hydrogen-bond donors (Lipinski definition) is 1. The molecule has 1 aromatic rings. The molecule has 0 unspecified atom stereocenters. The molecular weight excluding hydrogens is 274 g/mol. The van der Waals surface area contributed by atoms with Crippen LogP contribution in [0.2, 0.25) is 5.22 Å². The lowest BCUT2D eigenvalue weighted by atomic mass is 9.69. The maximum atomic E-state index is 12.0. The Bertz CT molecular complexity index is 459. The van der Waals surface area contributed by atoms with Gasteiger partial charge < -0.3 is 9.73 Å². The van der Waals surface area contributed by atoms with Gasteiger partial charge in [-0.15, -0.1) is 0 Å². The molecule has 1 fully saturated rings. The molecule has 20 heavy (non-hydrogen) atoms. The standard InChI is InChI=1S/C16H24ClNO2/c1-4-16(2,3)11-5-7-12(8-6-11)18-15(19)13-9-10-14(17)20-13/h9-12H,4-8H2,1-3H3,(H,18,19). The van der Waals surface area contributed by atoms with Gasteiger partial charge >= 0.3 is 0 Å². The van der Waals surface area contributed by atoms with Crippen molar-refractivity contribution in [3.63, 3.8) is 0 Å². The fourth-order valence-electron chi connectivity index (χ4n) is 3.00. The van der Waals surface area contributed by atoms with Crippen LogP contribution < -0.4 is 5.32 Å². The summed E-state index contributed by atoms with van der Waals surface area (Å²) in [5, 5.41) is 3.30. The van der Waals surface area contributed by atoms with E-state index in [1.165, 1.54) is 19.3 Å². The van der Waals surface area contributed by atoms with E-state index in [9.17, 15) is 4.79 Å². The topological polar surface area (TPSA) is 42.2 Å². The largest absolute Gasteiger partial charge is 0.440 e. The zero-order valence-corrected chi connectivity index (χ0v) is 13.3. The number of hydrogen-bond acceptors (Lipinski definition) is 2. The third kappa shape index (κ3) is 3.57. The number of amides is 1. The molecule has 0 aliphatic heterocycles. The normalized spacial score (nSPS) is 23.6. The highest BCUT2D eigenvalue weighted by Crippen LogP contribution is 2.40. The van der Waals surface area contributed by atoms with Crippen molar-refractivity contribution in [3.8, 4) is 0 Å². The van der Waals surface area contributed by atoms with E-state index in [1.807, 2.05) is 0 Å². The van der Waals surface area contributed by atoms with Gasteiger partial charge in [-0.05, 0) is 60.7 Å². The van der Waals surface area contributed by atoms with Crippen LogP contribution in [-0.2, 0) is 0 Å². The molecule has 1 heterocycles. The Morgan fingerprint density at radius 1 is 1.35 bits per heavy atom. The zero-order chi connectivity index (χ0) is 14.8. The summed E-state index contributed by atoms with van der Waals surface area (Å²) in [4.78, 5) is 12.0. The van der Waals surface area contributed by atoms with Crippen LogP contribution in [0.4, 0.5) is 0 Å². The summed E-state index contributed by atoms with van der Waals surface area (Å²) >= 11 is 5.69. The molecule has 0 atom stereocenters. The Morgan fingerprint density at radius 2 is 2.00 bits per heavy atom. The molecule has 1 amide bonds. The van der Waals surface area contributed by atoms with Crippen molar-refractivity contribution < 1.29 is 9.21 Å². The highest BCUT2D eigenvalue weighted by molar-refractivity contribution is 6.29. The van der Waals surface area contributed by atoms with Gasteiger partial charge in [-0.2, -0.15) is 0 Å². The van der Waals surface area contributed by atoms with Crippen molar-refractivity contribution in [1.82, 2.24) is 5.32 Å².